The zero-order chi connectivity index (χ0) is 24.8. The van der Waals surface area contributed by atoms with E-state index in [4.69, 9.17) is 14.8 Å². The molecule has 6 rings (SSSR count). The van der Waals surface area contributed by atoms with Gasteiger partial charge < -0.3 is 15.0 Å². The van der Waals surface area contributed by atoms with Gasteiger partial charge in [0.2, 0.25) is 0 Å². The Hall–Kier alpha value is -3.49. The van der Waals surface area contributed by atoms with Crippen LogP contribution in [0.15, 0.2) is 30.3 Å². The van der Waals surface area contributed by atoms with Gasteiger partial charge in [-0.05, 0) is 62.8 Å². The highest BCUT2D eigenvalue weighted by molar-refractivity contribution is 5.97. The van der Waals surface area contributed by atoms with E-state index in [0.717, 1.165) is 61.3 Å². The standard InChI is InChI=1S/C27H30FN5O3/c1-16-9-10-29-26(34)15-36-24-8-7-18(28)12-19(24)27(35)32-11-3-2-4-22(32)21-14-25-30-20(17-5-6-17)13-23(16)33(25)31-21/h7-8,12-14,16-17,22H,2-6,9-11,15H2,1H3,(H,29,34). The molecule has 36 heavy (non-hydrogen) atoms. The van der Waals surface area contributed by atoms with Gasteiger partial charge in [0, 0.05) is 42.4 Å². The van der Waals surface area contributed by atoms with E-state index in [0.29, 0.717) is 19.0 Å². The molecule has 1 N–H and O–H groups in total. The van der Waals surface area contributed by atoms with Crippen LogP contribution in [-0.4, -0.2) is 51.0 Å². The Morgan fingerprint density at radius 1 is 1.06 bits per heavy atom. The van der Waals surface area contributed by atoms with E-state index in [1.807, 2.05) is 10.6 Å². The zero-order valence-corrected chi connectivity index (χ0v) is 20.4. The molecule has 2 aliphatic heterocycles. The average molecular weight is 492 g/mol. The molecule has 188 valence electrons. The molecule has 2 atom stereocenters. The highest BCUT2D eigenvalue weighted by Gasteiger charge is 2.33. The Bertz CT molecular complexity index is 1330. The Labute approximate surface area is 208 Å². The lowest BCUT2D eigenvalue weighted by molar-refractivity contribution is -0.123. The number of benzene rings is 1. The third kappa shape index (κ3) is 4.31. The van der Waals surface area contributed by atoms with Gasteiger partial charge in [0.15, 0.2) is 12.3 Å². The lowest BCUT2D eigenvalue weighted by Gasteiger charge is -2.35. The number of ether oxygens (including phenoxy) is 1. The summed E-state index contributed by atoms with van der Waals surface area (Å²) in [5, 5.41) is 7.87. The van der Waals surface area contributed by atoms with Crippen molar-refractivity contribution in [1.29, 1.82) is 0 Å². The summed E-state index contributed by atoms with van der Waals surface area (Å²) < 4.78 is 21.8. The van der Waals surface area contributed by atoms with Crippen LogP contribution >= 0.6 is 0 Å². The third-order valence-electron chi connectivity index (χ3n) is 7.53. The minimum absolute atomic E-state index is 0.119. The summed E-state index contributed by atoms with van der Waals surface area (Å²) >= 11 is 0. The maximum atomic E-state index is 14.2. The fourth-order valence-corrected chi connectivity index (χ4v) is 5.34. The number of nitrogens with zero attached hydrogens (tertiary/aromatic N) is 4. The number of rotatable bonds is 1. The number of hydrogen-bond acceptors (Lipinski definition) is 5. The molecule has 9 heteroatoms. The summed E-state index contributed by atoms with van der Waals surface area (Å²) in [7, 11) is 0. The molecule has 2 unspecified atom stereocenters. The number of fused-ring (bicyclic) bond motifs is 4. The van der Waals surface area contributed by atoms with Crippen LogP contribution in [0.2, 0.25) is 0 Å². The lowest BCUT2D eigenvalue weighted by Crippen LogP contribution is -2.39. The van der Waals surface area contributed by atoms with Gasteiger partial charge in [0.25, 0.3) is 11.8 Å². The topological polar surface area (TPSA) is 88.8 Å². The molecular weight excluding hydrogens is 461 g/mol. The van der Waals surface area contributed by atoms with E-state index in [1.54, 1.807) is 4.90 Å². The average Bonchev–Trinajstić information content (AvgIpc) is 3.65. The van der Waals surface area contributed by atoms with Crippen LogP contribution in [0, 0.1) is 5.82 Å². The molecule has 2 amide bonds. The van der Waals surface area contributed by atoms with Gasteiger partial charge in [-0.15, -0.1) is 0 Å². The van der Waals surface area contributed by atoms with Crippen molar-refractivity contribution in [3.05, 3.63) is 58.8 Å². The summed E-state index contributed by atoms with van der Waals surface area (Å²) in [6.45, 7) is 2.92. The molecule has 2 aromatic heterocycles. The molecule has 3 aliphatic rings. The Morgan fingerprint density at radius 2 is 1.92 bits per heavy atom. The zero-order valence-electron chi connectivity index (χ0n) is 20.4. The second-order valence-electron chi connectivity index (χ2n) is 10.2. The minimum atomic E-state index is -0.527. The van der Waals surface area contributed by atoms with Crippen LogP contribution in [0.1, 0.15) is 90.8 Å². The second kappa shape index (κ2) is 9.19. The Kier molecular flexibility index (Phi) is 5.85. The number of carbonyl (C=O) groups is 2. The van der Waals surface area contributed by atoms with E-state index in [2.05, 4.69) is 18.3 Å². The fraction of sp³-hybridized carbons (Fsp3) is 0.481. The summed E-state index contributed by atoms with van der Waals surface area (Å²) in [6.07, 6.45) is 5.63. The number of halogens is 1. The fourth-order valence-electron chi connectivity index (χ4n) is 5.34. The van der Waals surface area contributed by atoms with Crippen LogP contribution in [0.3, 0.4) is 0 Å². The molecule has 1 aromatic carbocycles. The van der Waals surface area contributed by atoms with Crippen LogP contribution in [0.25, 0.3) is 5.65 Å². The van der Waals surface area contributed by atoms with Gasteiger partial charge in [-0.1, -0.05) is 6.92 Å². The molecule has 8 nitrogen and oxygen atoms in total. The number of carbonyl (C=O) groups excluding carboxylic acids is 2. The number of nitrogens with one attached hydrogen (secondary N) is 1. The van der Waals surface area contributed by atoms with Gasteiger partial charge in [-0.2, -0.15) is 5.10 Å². The second-order valence-corrected chi connectivity index (χ2v) is 10.2. The van der Waals surface area contributed by atoms with Gasteiger partial charge in [-0.25, -0.2) is 13.9 Å². The van der Waals surface area contributed by atoms with Gasteiger partial charge in [0.1, 0.15) is 11.6 Å². The lowest BCUT2D eigenvalue weighted by atomic mass is 9.98. The highest BCUT2D eigenvalue weighted by Crippen LogP contribution is 2.41. The third-order valence-corrected chi connectivity index (χ3v) is 7.53. The van der Waals surface area contributed by atoms with Crippen molar-refractivity contribution in [3.63, 3.8) is 0 Å². The van der Waals surface area contributed by atoms with Crippen LogP contribution < -0.4 is 10.1 Å². The van der Waals surface area contributed by atoms with E-state index in [9.17, 15) is 14.0 Å². The minimum Gasteiger partial charge on any atom is -0.483 e. The van der Waals surface area contributed by atoms with E-state index in [-0.39, 0.29) is 41.7 Å². The Morgan fingerprint density at radius 3 is 2.75 bits per heavy atom. The molecule has 0 radical (unpaired) electrons. The van der Waals surface area contributed by atoms with Crippen molar-refractivity contribution in [2.45, 2.75) is 63.3 Å². The van der Waals surface area contributed by atoms with E-state index < -0.39 is 5.82 Å². The number of amides is 2. The number of hydrogen-bond donors (Lipinski definition) is 1. The molecule has 3 aromatic rings. The van der Waals surface area contributed by atoms with Gasteiger partial charge in [-0.3, -0.25) is 9.59 Å². The summed E-state index contributed by atoms with van der Waals surface area (Å²) in [5.41, 5.74) is 3.86. The summed E-state index contributed by atoms with van der Waals surface area (Å²) in [5.74, 6) is -0.297. The van der Waals surface area contributed by atoms with Crippen LogP contribution in [-0.2, 0) is 4.79 Å². The van der Waals surface area contributed by atoms with Crippen molar-refractivity contribution in [2.75, 3.05) is 19.7 Å². The van der Waals surface area contributed by atoms with Crippen molar-refractivity contribution in [1.82, 2.24) is 24.8 Å². The van der Waals surface area contributed by atoms with Crippen LogP contribution in [0.4, 0.5) is 4.39 Å². The molecule has 2 fully saturated rings. The molecule has 1 aliphatic carbocycles. The summed E-state index contributed by atoms with van der Waals surface area (Å²) in [6, 6.07) is 7.76. The monoisotopic (exact) mass is 491 g/mol. The predicted molar refractivity (Wildman–Crippen MR) is 131 cm³/mol. The predicted octanol–water partition coefficient (Wildman–Crippen LogP) is 4.12. The van der Waals surface area contributed by atoms with E-state index in [1.165, 1.54) is 18.2 Å². The van der Waals surface area contributed by atoms with Crippen molar-refractivity contribution in [3.8, 4) is 5.75 Å². The van der Waals surface area contributed by atoms with Crippen molar-refractivity contribution < 1.29 is 18.7 Å². The molecule has 2 bridgehead atoms. The maximum absolute atomic E-state index is 14.2. The summed E-state index contributed by atoms with van der Waals surface area (Å²) in [4.78, 5) is 32.9. The smallest absolute Gasteiger partial charge is 0.258 e. The largest absolute Gasteiger partial charge is 0.483 e. The maximum Gasteiger partial charge on any atom is 0.258 e. The molecule has 1 saturated carbocycles. The quantitative estimate of drug-likeness (QED) is 0.553. The van der Waals surface area contributed by atoms with Crippen LogP contribution in [0.5, 0.6) is 5.75 Å². The molecule has 1 saturated heterocycles. The first-order valence-corrected chi connectivity index (χ1v) is 12.9. The van der Waals surface area contributed by atoms with Gasteiger partial charge in [0.05, 0.1) is 17.3 Å². The van der Waals surface area contributed by atoms with Crippen molar-refractivity contribution >= 4 is 17.5 Å². The van der Waals surface area contributed by atoms with E-state index >= 15 is 0 Å². The first-order chi connectivity index (χ1) is 17.5. The molecule has 4 heterocycles. The SMILES string of the molecule is CC1CCNC(=O)COc2ccc(F)cc2C(=O)N2CCCCC2c2cc3nc(C4CC4)cc1n3n2. The number of aromatic nitrogens is 3. The number of piperidine rings is 1. The van der Waals surface area contributed by atoms with Crippen molar-refractivity contribution in [2.24, 2.45) is 0 Å². The Balaban J connectivity index is 1.47. The molecular formula is C27H30FN5O3. The highest BCUT2D eigenvalue weighted by atomic mass is 19.1. The van der Waals surface area contributed by atoms with Gasteiger partial charge >= 0.3 is 0 Å². The first kappa shape index (κ1) is 22.9. The normalized spacial score (nSPS) is 23.2. The first-order valence-electron chi connectivity index (χ1n) is 12.9. The molecule has 0 spiro atoms.